The third kappa shape index (κ3) is 4.24. The number of aryl methyl sites for hydroxylation is 1. The van der Waals surface area contributed by atoms with E-state index < -0.39 is 0 Å². The van der Waals surface area contributed by atoms with E-state index in [0.29, 0.717) is 12.3 Å². The van der Waals surface area contributed by atoms with E-state index in [0.717, 1.165) is 24.3 Å². The highest BCUT2D eigenvalue weighted by molar-refractivity contribution is 5.28. The quantitative estimate of drug-likeness (QED) is 0.788. The molecule has 0 aliphatic carbocycles. The summed E-state index contributed by atoms with van der Waals surface area (Å²) in [5.74, 6) is 1.61. The first-order chi connectivity index (χ1) is 9.81. The maximum Gasteiger partial charge on any atom is 0.137 e. The van der Waals surface area contributed by atoms with E-state index in [1.807, 2.05) is 24.3 Å². The third-order valence-electron chi connectivity index (χ3n) is 2.97. The van der Waals surface area contributed by atoms with E-state index in [1.165, 1.54) is 5.56 Å². The van der Waals surface area contributed by atoms with Crippen LogP contribution in [0, 0.1) is 0 Å². The number of rotatable bonds is 7. The molecular weight excluding hydrogens is 254 g/mol. The second kappa shape index (κ2) is 7.50. The fraction of sp³-hybridized carbons (Fsp3) is 0.312. The maximum absolute atomic E-state index is 8.90. The number of pyridine rings is 1. The largest absolute Gasteiger partial charge is 0.497 e. The van der Waals surface area contributed by atoms with Crippen LogP contribution in [0.2, 0.25) is 0 Å². The van der Waals surface area contributed by atoms with Gasteiger partial charge in [-0.15, -0.1) is 0 Å². The molecule has 4 nitrogen and oxygen atoms in total. The molecule has 1 heterocycles. The van der Waals surface area contributed by atoms with Gasteiger partial charge in [-0.2, -0.15) is 0 Å². The molecule has 1 N–H and O–H groups in total. The molecule has 0 amide bonds. The Labute approximate surface area is 119 Å². The molecule has 106 valence electrons. The first kappa shape index (κ1) is 14.3. The average molecular weight is 273 g/mol. The van der Waals surface area contributed by atoms with Crippen molar-refractivity contribution in [1.82, 2.24) is 4.98 Å². The van der Waals surface area contributed by atoms with Gasteiger partial charge in [0.2, 0.25) is 0 Å². The van der Waals surface area contributed by atoms with E-state index in [9.17, 15) is 0 Å². The van der Waals surface area contributed by atoms with E-state index in [4.69, 9.17) is 14.6 Å². The van der Waals surface area contributed by atoms with E-state index in [2.05, 4.69) is 11.1 Å². The molecule has 4 heteroatoms. The lowest BCUT2D eigenvalue weighted by Crippen LogP contribution is -2.00. The SMILES string of the molecule is COc1cccc(CCCOc2ccc(CO)nc2)c1. The first-order valence-corrected chi connectivity index (χ1v) is 6.63. The number of aliphatic hydroxyl groups is 1. The molecule has 0 bridgehead atoms. The zero-order valence-electron chi connectivity index (χ0n) is 11.6. The van der Waals surface area contributed by atoms with Gasteiger partial charge in [-0.3, -0.25) is 4.98 Å². The smallest absolute Gasteiger partial charge is 0.137 e. The van der Waals surface area contributed by atoms with Gasteiger partial charge < -0.3 is 14.6 Å². The number of aliphatic hydroxyl groups excluding tert-OH is 1. The van der Waals surface area contributed by atoms with Gasteiger partial charge in [-0.1, -0.05) is 12.1 Å². The Morgan fingerprint density at radius 1 is 1.15 bits per heavy atom. The van der Waals surface area contributed by atoms with Crippen molar-refractivity contribution in [2.24, 2.45) is 0 Å². The monoisotopic (exact) mass is 273 g/mol. The minimum Gasteiger partial charge on any atom is -0.497 e. The molecule has 0 aliphatic heterocycles. The predicted molar refractivity (Wildman–Crippen MR) is 77.0 cm³/mol. The second-order valence-electron chi connectivity index (χ2n) is 4.45. The van der Waals surface area contributed by atoms with Gasteiger partial charge in [0.05, 0.1) is 32.2 Å². The normalized spacial score (nSPS) is 10.3. The molecule has 0 saturated heterocycles. The molecule has 0 fully saturated rings. The number of nitrogens with zero attached hydrogens (tertiary/aromatic N) is 1. The predicted octanol–water partition coefficient (Wildman–Crippen LogP) is 2.59. The molecule has 0 spiro atoms. The number of benzene rings is 1. The first-order valence-electron chi connectivity index (χ1n) is 6.63. The lowest BCUT2D eigenvalue weighted by Gasteiger charge is -2.07. The topological polar surface area (TPSA) is 51.6 Å². The zero-order chi connectivity index (χ0) is 14.2. The Morgan fingerprint density at radius 2 is 2.05 bits per heavy atom. The van der Waals surface area contributed by atoms with Gasteiger partial charge in [-0.05, 0) is 42.7 Å². The summed E-state index contributed by atoms with van der Waals surface area (Å²) in [5, 5.41) is 8.90. The lowest BCUT2D eigenvalue weighted by atomic mass is 10.1. The van der Waals surface area contributed by atoms with Crippen molar-refractivity contribution in [3.8, 4) is 11.5 Å². The van der Waals surface area contributed by atoms with Crippen molar-refractivity contribution >= 4 is 0 Å². The van der Waals surface area contributed by atoms with Crippen LogP contribution in [0.1, 0.15) is 17.7 Å². The number of hydrogen-bond acceptors (Lipinski definition) is 4. The number of hydrogen-bond donors (Lipinski definition) is 1. The minimum atomic E-state index is -0.0455. The Morgan fingerprint density at radius 3 is 2.75 bits per heavy atom. The van der Waals surface area contributed by atoms with E-state index in [-0.39, 0.29) is 6.61 Å². The molecule has 20 heavy (non-hydrogen) atoms. The summed E-state index contributed by atoms with van der Waals surface area (Å²) in [6.07, 6.45) is 3.51. The molecule has 2 aromatic rings. The van der Waals surface area contributed by atoms with Crippen molar-refractivity contribution in [3.05, 3.63) is 53.9 Å². The lowest BCUT2D eigenvalue weighted by molar-refractivity contribution is 0.275. The summed E-state index contributed by atoms with van der Waals surface area (Å²) in [7, 11) is 1.67. The molecule has 0 radical (unpaired) electrons. The highest BCUT2D eigenvalue weighted by atomic mass is 16.5. The van der Waals surface area contributed by atoms with Crippen LogP contribution in [0.5, 0.6) is 11.5 Å². The molecular formula is C16H19NO3. The molecule has 0 saturated carbocycles. The zero-order valence-corrected chi connectivity index (χ0v) is 11.6. The van der Waals surface area contributed by atoms with Crippen LogP contribution in [0.4, 0.5) is 0 Å². The minimum absolute atomic E-state index is 0.0455. The standard InChI is InChI=1S/C16H19NO3/c1-19-15-6-2-4-13(10-15)5-3-9-20-16-8-7-14(12-18)17-11-16/h2,4,6-8,10-11,18H,3,5,9,12H2,1H3. The molecule has 0 unspecified atom stereocenters. The number of ether oxygens (including phenoxy) is 2. The Hall–Kier alpha value is -2.07. The second-order valence-corrected chi connectivity index (χ2v) is 4.45. The van der Waals surface area contributed by atoms with Crippen LogP contribution >= 0.6 is 0 Å². The Kier molecular flexibility index (Phi) is 5.38. The Balaban J connectivity index is 1.75. The summed E-state index contributed by atoms with van der Waals surface area (Å²) in [6.45, 7) is 0.591. The summed E-state index contributed by atoms with van der Waals surface area (Å²) >= 11 is 0. The molecule has 2 rings (SSSR count). The van der Waals surface area contributed by atoms with Crippen LogP contribution in [-0.4, -0.2) is 23.8 Å². The number of aromatic nitrogens is 1. The van der Waals surface area contributed by atoms with Crippen molar-refractivity contribution in [1.29, 1.82) is 0 Å². The van der Waals surface area contributed by atoms with Gasteiger partial charge in [0, 0.05) is 0 Å². The van der Waals surface area contributed by atoms with Gasteiger partial charge in [0.15, 0.2) is 0 Å². The highest BCUT2D eigenvalue weighted by Gasteiger charge is 1.98. The van der Waals surface area contributed by atoms with Gasteiger partial charge in [0.25, 0.3) is 0 Å². The molecule has 0 atom stereocenters. The average Bonchev–Trinajstić information content (AvgIpc) is 2.52. The maximum atomic E-state index is 8.90. The molecule has 1 aromatic carbocycles. The number of methoxy groups -OCH3 is 1. The van der Waals surface area contributed by atoms with Crippen LogP contribution < -0.4 is 9.47 Å². The summed E-state index contributed by atoms with van der Waals surface area (Å²) in [4.78, 5) is 4.07. The van der Waals surface area contributed by atoms with E-state index in [1.54, 1.807) is 19.4 Å². The van der Waals surface area contributed by atoms with Crippen LogP contribution in [-0.2, 0) is 13.0 Å². The van der Waals surface area contributed by atoms with Crippen LogP contribution in [0.25, 0.3) is 0 Å². The van der Waals surface area contributed by atoms with Crippen molar-refractivity contribution in [2.75, 3.05) is 13.7 Å². The van der Waals surface area contributed by atoms with Gasteiger partial charge >= 0.3 is 0 Å². The summed E-state index contributed by atoms with van der Waals surface area (Å²) in [5.41, 5.74) is 1.88. The van der Waals surface area contributed by atoms with Gasteiger partial charge in [-0.25, -0.2) is 0 Å². The fourth-order valence-corrected chi connectivity index (χ4v) is 1.88. The molecule has 1 aromatic heterocycles. The van der Waals surface area contributed by atoms with Crippen LogP contribution in [0.3, 0.4) is 0 Å². The summed E-state index contributed by atoms with van der Waals surface area (Å²) < 4.78 is 10.8. The third-order valence-corrected chi connectivity index (χ3v) is 2.97. The van der Waals surface area contributed by atoms with E-state index >= 15 is 0 Å². The van der Waals surface area contributed by atoms with Crippen molar-refractivity contribution in [3.63, 3.8) is 0 Å². The highest BCUT2D eigenvalue weighted by Crippen LogP contribution is 2.14. The van der Waals surface area contributed by atoms with Crippen molar-refractivity contribution in [2.45, 2.75) is 19.4 Å². The van der Waals surface area contributed by atoms with Gasteiger partial charge in [0.1, 0.15) is 11.5 Å². The summed E-state index contributed by atoms with van der Waals surface area (Å²) in [6, 6.07) is 11.6. The van der Waals surface area contributed by atoms with Crippen LogP contribution in [0.15, 0.2) is 42.6 Å². The molecule has 0 aliphatic rings. The fourth-order valence-electron chi connectivity index (χ4n) is 1.88. The Bertz CT molecular complexity index is 526. The van der Waals surface area contributed by atoms with Crippen molar-refractivity contribution < 1.29 is 14.6 Å².